The van der Waals surface area contributed by atoms with E-state index in [2.05, 4.69) is 16.9 Å². The second kappa shape index (κ2) is 7.23. The van der Waals surface area contributed by atoms with E-state index in [9.17, 15) is 4.79 Å². The summed E-state index contributed by atoms with van der Waals surface area (Å²) in [5.74, 6) is -0.159. The lowest BCUT2D eigenvalue weighted by Gasteiger charge is -2.10. The van der Waals surface area contributed by atoms with Crippen LogP contribution >= 0.6 is 11.6 Å². The van der Waals surface area contributed by atoms with Crippen LogP contribution in [0.1, 0.15) is 31.7 Å². The van der Waals surface area contributed by atoms with E-state index in [-0.39, 0.29) is 5.92 Å². The molecule has 1 unspecified atom stereocenters. The van der Waals surface area contributed by atoms with Crippen LogP contribution in [0.5, 0.6) is 0 Å². The Morgan fingerprint density at radius 3 is 2.68 bits per heavy atom. The number of hydrogen-bond donors (Lipinski definition) is 1. The lowest BCUT2D eigenvalue weighted by molar-refractivity contribution is -0.141. The predicted octanol–water partition coefficient (Wildman–Crippen LogP) is 4.29. The Bertz CT molecular complexity index is 903. The van der Waals surface area contributed by atoms with Crippen LogP contribution in [-0.2, 0) is 17.6 Å². The van der Waals surface area contributed by atoms with E-state index in [1.165, 1.54) is 0 Å². The third-order valence-electron chi connectivity index (χ3n) is 4.33. The molecule has 25 heavy (non-hydrogen) atoms. The number of aliphatic carboxylic acids is 1. The van der Waals surface area contributed by atoms with Gasteiger partial charge in [0.25, 0.3) is 0 Å². The molecule has 0 saturated heterocycles. The van der Waals surface area contributed by atoms with Gasteiger partial charge in [0.15, 0.2) is 5.65 Å². The van der Waals surface area contributed by atoms with Gasteiger partial charge >= 0.3 is 5.97 Å². The average molecular weight is 358 g/mol. The van der Waals surface area contributed by atoms with Gasteiger partial charge in [-0.25, -0.2) is 9.97 Å². The highest BCUT2D eigenvalue weighted by atomic mass is 35.5. The van der Waals surface area contributed by atoms with Gasteiger partial charge in [0.05, 0.1) is 10.9 Å². The van der Waals surface area contributed by atoms with Crippen LogP contribution in [0.25, 0.3) is 16.9 Å². The van der Waals surface area contributed by atoms with Crippen molar-refractivity contribution in [1.29, 1.82) is 0 Å². The molecule has 1 atom stereocenters. The normalized spacial score (nSPS) is 12.4. The summed E-state index contributed by atoms with van der Waals surface area (Å²) in [6.45, 7) is 3.79. The number of carbonyl (C=O) groups is 1. The zero-order valence-electron chi connectivity index (χ0n) is 14.2. The third kappa shape index (κ3) is 3.66. The highest BCUT2D eigenvalue weighted by molar-refractivity contribution is 6.31. The van der Waals surface area contributed by atoms with Crippen LogP contribution < -0.4 is 0 Å². The van der Waals surface area contributed by atoms with E-state index >= 15 is 0 Å². The summed E-state index contributed by atoms with van der Waals surface area (Å²) in [7, 11) is 0. The largest absolute Gasteiger partial charge is 0.481 e. The third-order valence-corrected chi connectivity index (χ3v) is 4.54. The maximum atomic E-state index is 10.9. The van der Waals surface area contributed by atoms with Gasteiger partial charge in [0, 0.05) is 18.3 Å². The topological polar surface area (TPSA) is 68.0 Å². The maximum absolute atomic E-state index is 10.9. The van der Waals surface area contributed by atoms with E-state index in [4.69, 9.17) is 16.7 Å². The van der Waals surface area contributed by atoms with Gasteiger partial charge in [-0.05, 0) is 36.6 Å². The molecule has 1 aromatic carbocycles. The Labute approximate surface area is 151 Å². The quantitative estimate of drug-likeness (QED) is 0.714. The van der Waals surface area contributed by atoms with Crippen LogP contribution in [0.3, 0.4) is 0 Å². The van der Waals surface area contributed by atoms with Gasteiger partial charge < -0.3 is 5.11 Å². The van der Waals surface area contributed by atoms with Crippen LogP contribution in [0, 0.1) is 5.92 Å². The minimum atomic E-state index is -0.751. The molecule has 2 heterocycles. The van der Waals surface area contributed by atoms with E-state index in [1.54, 1.807) is 13.1 Å². The van der Waals surface area contributed by atoms with Crippen molar-refractivity contribution in [2.45, 2.75) is 33.1 Å². The van der Waals surface area contributed by atoms with Crippen LogP contribution in [-0.4, -0.2) is 25.6 Å². The molecule has 130 valence electrons. The highest BCUT2D eigenvalue weighted by Gasteiger charge is 2.14. The SMILES string of the molecule is CCc1nc2cc(Cl)cnc2n1-c1ccc(CCC(C)C(=O)O)cc1. The number of fused-ring (bicyclic) bond motifs is 1. The molecule has 5 nitrogen and oxygen atoms in total. The molecule has 1 N–H and O–H groups in total. The number of pyridine rings is 1. The highest BCUT2D eigenvalue weighted by Crippen LogP contribution is 2.23. The first-order chi connectivity index (χ1) is 12.0. The first kappa shape index (κ1) is 17.4. The molecule has 0 spiro atoms. The van der Waals surface area contributed by atoms with E-state index in [0.29, 0.717) is 11.4 Å². The van der Waals surface area contributed by atoms with Crippen LogP contribution in [0.15, 0.2) is 36.5 Å². The summed E-state index contributed by atoms with van der Waals surface area (Å²) in [5, 5.41) is 9.55. The lowest BCUT2D eigenvalue weighted by atomic mass is 10.0. The summed E-state index contributed by atoms with van der Waals surface area (Å²) < 4.78 is 2.04. The molecule has 3 rings (SSSR count). The van der Waals surface area contributed by atoms with Crippen molar-refractivity contribution in [2.75, 3.05) is 0 Å². The van der Waals surface area contributed by atoms with Crippen LogP contribution in [0.4, 0.5) is 0 Å². The molecule has 3 aromatic rings. The number of aromatic nitrogens is 3. The van der Waals surface area contributed by atoms with Crippen molar-refractivity contribution >= 4 is 28.7 Å². The van der Waals surface area contributed by atoms with Crippen molar-refractivity contribution in [3.8, 4) is 5.69 Å². The van der Waals surface area contributed by atoms with Crippen molar-refractivity contribution in [3.05, 3.63) is 52.9 Å². The predicted molar refractivity (Wildman–Crippen MR) is 98.4 cm³/mol. The standard InChI is InChI=1S/C19H20ClN3O2/c1-3-17-22-16-10-14(20)11-21-18(16)23(17)15-8-6-13(7-9-15)5-4-12(2)19(24)25/h6-12H,3-5H2,1-2H3,(H,24,25). The Balaban J connectivity index is 1.89. The fourth-order valence-corrected chi connectivity index (χ4v) is 2.97. The van der Waals surface area contributed by atoms with Crippen molar-refractivity contribution < 1.29 is 9.90 Å². The van der Waals surface area contributed by atoms with Gasteiger partial charge in [-0.3, -0.25) is 9.36 Å². The fraction of sp³-hybridized carbons (Fsp3) is 0.316. The van der Waals surface area contributed by atoms with Gasteiger partial charge in [0.2, 0.25) is 0 Å². The Morgan fingerprint density at radius 1 is 1.32 bits per heavy atom. The molecule has 0 aliphatic carbocycles. The number of carboxylic acids is 1. The number of benzene rings is 1. The van der Waals surface area contributed by atoms with Gasteiger partial charge in [-0.1, -0.05) is 37.6 Å². The molecule has 0 saturated carbocycles. The number of nitrogens with zero attached hydrogens (tertiary/aromatic N) is 3. The van der Waals surface area contributed by atoms with E-state index in [1.807, 2.05) is 34.9 Å². The summed E-state index contributed by atoms with van der Waals surface area (Å²) in [5.41, 5.74) is 3.68. The molecule has 0 bridgehead atoms. The first-order valence-electron chi connectivity index (χ1n) is 8.34. The molecule has 2 aromatic heterocycles. The number of hydrogen-bond acceptors (Lipinski definition) is 3. The number of rotatable bonds is 6. The molecule has 0 aliphatic rings. The number of carboxylic acid groups (broad SMARTS) is 1. The average Bonchev–Trinajstić information content (AvgIpc) is 2.97. The first-order valence-corrected chi connectivity index (χ1v) is 8.72. The van der Waals surface area contributed by atoms with Crippen molar-refractivity contribution in [2.24, 2.45) is 5.92 Å². The number of halogens is 1. The van der Waals surface area contributed by atoms with E-state index < -0.39 is 5.97 Å². The molecule has 6 heteroatoms. The summed E-state index contributed by atoms with van der Waals surface area (Å²) in [4.78, 5) is 20.0. The molecular formula is C19H20ClN3O2. The molecule has 0 aliphatic heterocycles. The maximum Gasteiger partial charge on any atom is 0.306 e. The summed E-state index contributed by atoms with van der Waals surface area (Å²) in [6, 6.07) is 9.94. The molecular weight excluding hydrogens is 338 g/mol. The second-order valence-corrected chi connectivity index (χ2v) is 6.59. The van der Waals surface area contributed by atoms with Gasteiger partial charge in [-0.2, -0.15) is 0 Å². The summed E-state index contributed by atoms with van der Waals surface area (Å²) >= 11 is 6.02. The Kier molecular flexibility index (Phi) is 5.04. The minimum Gasteiger partial charge on any atom is -0.481 e. The van der Waals surface area contributed by atoms with E-state index in [0.717, 1.165) is 41.1 Å². The fourth-order valence-electron chi connectivity index (χ4n) is 2.81. The minimum absolute atomic E-state index is 0.335. The smallest absolute Gasteiger partial charge is 0.306 e. The zero-order chi connectivity index (χ0) is 18.0. The monoisotopic (exact) mass is 357 g/mol. The van der Waals surface area contributed by atoms with Gasteiger partial charge in [-0.15, -0.1) is 0 Å². The zero-order valence-corrected chi connectivity index (χ0v) is 15.0. The van der Waals surface area contributed by atoms with Crippen molar-refractivity contribution in [1.82, 2.24) is 14.5 Å². The summed E-state index contributed by atoms with van der Waals surface area (Å²) in [6.07, 6.45) is 3.78. The Hall–Kier alpha value is -2.40. The molecule has 0 radical (unpaired) electrons. The second-order valence-electron chi connectivity index (χ2n) is 6.16. The number of imidazole rings is 1. The molecule has 0 fully saturated rings. The number of aryl methyl sites for hydroxylation is 2. The van der Waals surface area contributed by atoms with Crippen LogP contribution in [0.2, 0.25) is 5.02 Å². The molecule has 0 amide bonds. The van der Waals surface area contributed by atoms with Gasteiger partial charge in [0.1, 0.15) is 11.3 Å². The Morgan fingerprint density at radius 2 is 2.04 bits per heavy atom. The lowest BCUT2D eigenvalue weighted by Crippen LogP contribution is -2.10. The van der Waals surface area contributed by atoms with Crippen molar-refractivity contribution in [3.63, 3.8) is 0 Å².